The highest BCUT2D eigenvalue weighted by atomic mass is 16.5. The third-order valence-electron chi connectivity index (χ3n) is 6.63. The van der Waals surface area contributed by atoms with E-state index >= 15 is 0 Å². The average molecular weight is 486 g/mol. The second-order valence-electron chi connectivity index (χ2n) is 8.91. The monoisotopic (exact) mass is 485 g/mol. The number of carbonyl (C=O) groups excluding carboxylic acids is 1. The molecule has 1 atom stereocenters. The summed E-state index contributed by atoms with van der Waals surface area (Å²) in [7, 11) is 1.70. The topological polar surface area (TPSA) is 72.7 Å². The summed E-state index contributed by atoms with van der Waals surface area (Å²) in [4.78, 5) is 21.1. The summed E-state index contributed by atoms with van der Waals surface area (Å²) < 4.78 is 13.1. The number of hydrogen-bond donors (Lipinski definition) is 0. The molecule has 1 fully saturated rings. The van der Waals surface area contributed by atoms with Crippen LogP contribution in [0.25, 0.3) is 16.6 Å². The quantitative estimate of drug-likeness (QED) is 0.363. The first-order valence-electron chi connectivity index (χ1n) is 12.3. The molecular formula is C28H31N5O3. The molecule has 0 spiro atoms. The van der Waals surface area contributed by atoms with E-state index in [1.54, 1.807) is 7.11 Å². The van der Waals surface area contributed by atoms with Crippen molar-refractivity contribution in [3.63, 3.8) is 0 Å². The van der Waals surface area contributed by atoms with Crippen LogP contribution in [0.5, 0.6) is 5.75 Å². The predicted molar refractivity (Wildman–Crippen MR) is 140 cm³/mol. The Morgan fingerprint density at radius 2 is 1.86 bits per heavy atom. The maximum atomic E-state index is 11.7. The van der Waals surface area contributed by atoms with E-state index in [1.165, 1.54) is 6.92 Å². The fourth-order valence-electron chi connectivity index (χ4n) is 4.87. The van der Waals surface area contributed by atoms with Gasteiger partial charge in [-0.15, -0.1) is 0 Å². The zero-order valence-electron chi connectivity index (χ0n) is 20.7. The number of nitrogens with zero attached hydrogens (tertiary/aromatic N) is 5. The number of para-hydroxylation sites is 1. The largest absolute Gasteiger partial charge is 0.494 e. The highest BCUT2D eigenvalue weighted by molar-refractivity contribution is 5.94. The van der Waals surface area contributed by atoms with E-state index in [-0.39, 0.29) is 18.6 Å². The molecule has 1 unspecified atom stereocenters. The molecule has 5 rings (SSSR count). The van der Waals surface area contributed by atoms with Gasteiger partial charge in [0.15, 0.2) is 0 Å². The molecule has 1 saturated heterocycles. The van der Waals surface area contributed by atoms with Crippen LogP contribution in [0.1, 0.15) is 25.1 Å². The molecule has 186 valence electrons. The standard InChI is InChI=1S/C28H31N5O3/c1-21(34)36-20-25(24-13-17-33(30-24)23-9-4-3-5-10-23)31-15-7-16-32(19-18-31)28-26(35-2)12-11-22-8-6-14-29-27(22)28/h3-6,8-14,17,25H,7,15-16,18-20H2,1-2H3. The van der Waals surface area contributed by atoms with Crippen molar-refractivity contribution in [3.8, 4) is 11.4 Å². The van der Waals surface area contributed by atoms with Gasteiger partial charge < -0.3 is 14.4 Å². The third-order valence-corrected chi connectivity index (χ3v) is 6.63. The number of rotatable bonds is 7. The van der Waals surface area contributed by atoms with Crippen molar-refractivity contribution in [2.24, 2.45) is 0 Å². The highest BCUT2D eigenvalue weighted by Crippen LogP contribution is 2.36. The molecule has 1 aliphatic rings. The van der Waals surface area contributed by atoms with Crippen LogP contribution in [-0.2, 0) is 9.53 Å². The van der Waals surface area contributed by atoms with E-state index in [0.717, 1.165) is 66.3 Å². The minimum Gasteiger partial charge on any atom is -0.494 e. The van der Waals surface area contributed by atoms with Gasteiger partial charge in [-0.05, 0) is 42.8 Å². The summed E-state index contributed by atoms with van der Waals surface area (Å²) in [6, 6.07) is 20.0. The minimum atomic E-state index is -0.287. The van der Waals surface area contributed by atoms with E-state index in [4.69, 9.17) is 14.6 Å². The van der Waals surface area contributed by atoms with Gasteiger partial charge in [0.2, 0.25) is 0 Å². The number of fused-ring (bicyclic) bond motifs is 1. The number of aromatic nitrogens is 3. The van der Waals surface area contributed by atoms with Gasteiger partial charge in [-0.1, -0.05) is 24.3 Å². The van der Waals surface area contributed by atoms with E-state index in [2.05, 4.69) is 20.9 Å². The average Bonchev–Trinajstić information content (AvgIpc) is 3.27. The van der Waals surface area contributed by atoms with Gasteiger partial charge in [-0.2, -0.15) is 5.10 Å². The summed E-state index contributed by atoms with van der Waals surface area (Å²) in [5.41, 5.74) is 3.86. The van der Waals surface area contributed by atoms with Crippen molar-refractivity contribution < 1.29 is 14.3 Å². The van der Waals surface area contributed by atoms with Gasteiger partial charge in [0.25, 0.3) is 0 Å². The third kappa shape index (κ3) is 5.04. The number of carbonyl (C=O) groups is 1. The lowest BCUT2D eigenvalue weighted by Gasteiger charge is -2.30. The van der Waals surface area contributed by atoms with E-state index < -0.39 is 0 Å². The van der Waals surface area contributed by atoms with Crippen molar-refractivity contribution in [2.75, 3.05) is 44.8 Å². The van der Waals surface area contributed by atoms with Gasteiger partial charge in [-0.25, -0.2) is 4.68 Å². The molecule has 2 aromatic heterocycles. The Labute approximate surface area is 211 Å². The van der Waals surface area contributed by atoms with Crippen LogP contribution < -0.4 is 9.64 Å². The summed E-state index contributed by atoms with van der Waals surface area (Å²) in [5, 5.41) is 5.94. The molecule has 8 nitrogen and oxygen atoms in total. The molecule has 0 N–H and O–H groups in total. The summed E-state index contributed by atoms with van der Waals surface area (Å²) in [6.07, 6.45) is 4.73. The molecule has 36 heavy (non-hydrogen) atoms. The van der Waals surface area contributed by atoms with Crippen LogP contribution in [0.15, 0.2) is 73.1 Å². The van der Waals surface area contributed by atoms with Gasteiger partial charge in [0.05, 0.1) is 30.0 Å². The van der Waals surface area contributed by atoms with E-state index in [0.29, 0.717) is 0 Å². The number of benzene rings is 2. The molecule has 4 aromatic rings. The SMILES string of the molecule is COc1ccc2cccnc2c1N1CCCN(C(COC(C)=O)c2ccn(-c3ccccc3)n2)CC1. The number of esters is 1. The molecule has 0 saturated carbocycles. The van der Waals surface area contributed by atoms with Crippen LogP contribution in [-0.4, -0.2) is 65.5 Å². The molecular weight excluding hydrogens is 454 g/mol. The molecule has 0 bridgehead atoms. The van der Waals surface area contributed by atoms with Crippen LogP contribution in [0, 0.1) is 0 Å². The van der Waals surface area contributed by atoms with Crippen LogP contribution in [0.2, 0.25) is 0 Å². The second-order valence-corrected chi connectivity index (χ2v) is 8.91. The lowest BCUT2D eigenvalue weighted by atomic mass is 10.1. The molecule has 0 radical (unpaired) electrons. The van der Waals surface area contributed by atoms with Gasteiger partial charge >= 0.3 is 5.97 Å². The maximum absolute atomic E-state index is 11.7. The molecule has 0 amide bonds. The van der Waals surface area contributed by atoms with Crippen LogP contribution in [0.4, 0.5) is 5.69 Å². The van der Waals surface area contributed by atoms with Crippen molar-refractivity contribution in [1.82, 2.24) is 19.7 Å². The Kier molecular flexibility index (Phi) is 7.13. The van der Waals surface area contributed by atoms with Gasteiger partial charge in [0, 0.05) is 50.9 Å². The Hall–Kier alpha value is -3.91. The van der Waals surface area contributed by atoms with E-state index in [1.807, 2.05) is 71.7 Å². The Morgan fingerprint density at radius 3 is 2.67 bits per heavy atom. The Bertz CT molecular complexity index is 1320. The van der Waals surface area contributed by atoms with Gasteiger partial charge in [-0.3, -0.25) is 14.7 Å². The maximum Gasteiger partial charge on any atom is 0.302 e. The first-order valence-corrected chi connectivity index (χ1v) is 12.3. The van der Waals surface area contributed by atoms with Crippen LogP contribution >= 0.6 is 0 Å². The number of ether oxygens (including phenoxy) is 2. The normalized spacial score (nSPS) is 15.4. The van der Waals surface area contributed by atoms with Crippen molar-refractivity contribution in [1.29, 1.82) is 0 Å². The van der Waals surface area contributed by atoms with Crippen molar-refractivity contribution in [3.05, 3.63) is 78.8 Å². The number of hydrogen-bond acceptors (Lipinski definition) is 7. The zero-order valence-corrected chi connectivity index (χ0v) is 20.7. The van der Waals surface area contributed by atoms with Crippen molar-refractivity contribution >= 4 is 22.6 Å². The lowest BCUT2D eigenvalue weighted by Crippen LogP contribution is -2.36. The number of pyridine rings is 1. The predicted octanol–water partition coefficient (Wildman–Crippen LogP) is 4.25. The number of anilines is 1. The summed E-state index contributed by atoms with van der Waals surface area (Å²) in [5.74, 6) is 0.540. The molecule has 3 heterocycles. The van der Waals surface area contributed by atoms with Crippen molar-refractivity contribution in [2.45, 2.75) is 19.4 Å². The molecule has 1 aliphatic heterocycles. The fraction of sp³-hybridized carbons (Fsp3) is 0.321. The fourth-order valence-corrected chi connectivity index (χ4v) is 4.87. The zero-order chi connectivity index (χ0) is 24.9. The second kappa shape index (κ2) is 10.8. The van der Waals surface area contributed by atoms with Crippen LogP contribution in [0.3, 0.4) is 0 Å². The first kappa shape index (κ1) is 23.8. The van der Waals surface area contributed by atoms with E-state index in [9.17, 15) is 4.79 Å². The summed E-state index contributed by atoms with van der Waals surface area (Å²) in [6.45, 7) is 5.03. The Morgan fingerprint density at radius 1 is 1.00 bits per heavy atom. The summed E-state index contributed by atoms with van der Waals surface area (Å²) >= 11 is 0. The molecule has 8 heteroatoms. The molecule has 0 aliphatic carbocycles. The highest BCUT2D eigenvalue weighted by Gasteiger charge is 2.28. The number of methoxy groups -OCH3 is 1. The lowest BCUT2D eigenvalue weighted by molar-refractivity contribution is -0.142. The minimum absolute atomic E-state index is 0.133. The molecule has 2 aromatic carbocycles. The smallest absolute Gasteiger partial charge is 0.302 e. The first-order chi connectivity index (χ1) is 17.6. The van der Waals surface area contributed by atoms with Gasteiger partial charge in [0.1, 0.15) is 18.0 Å². The Balaban J connectivity index is 1.40.